The van der Waals surface area contributed by atoms with Crippen molar-refractivity contribution in [3.63, 3.8) is 0 Å². The number of amides is 1. The zero-order valence-corrected chi connectivity index (χ0v) is 19.9. The summed E-state index contributed by atoms with van der Waals surface area (Å²) < 4.78 is 0. The number of nitrogens with two attached hydrogens (primary N) is 1. The number of carbonyl (C=O) groups excluding carboxylic acids is 1. The maximum absolute atomic E-state index is 13.3. The largest absolute Gasteiger partial charge is 0.397 e. The van der Waals surface area contributed by atoms with E-state index in [0.717, 1.165) is 38.2 Å². The van der Waals surface area contributed by atoms with Gasteiger partial charge in [-0.15, -0.1) is 11.3 Å². The number of aryl methyl sites for hydroxylation is 1. The first kappa shape index (κ1) is 21.9. The van der Waals surface area contributed by atoms with Gasteiger partial charge in [0.1, 0.15) is 9.71 Å². The highest BCUT2D eigenvalue weighted by Gasteiger charge is 2.22. The third-order valence-electron chi connectivity index (χ3n) is 5.98. The molecule has 4 nitrogen and oxygen atoms in total. The van der Waals surface area contributed by atoms with E-state index in [9.17, 15) is 4.79 Å². The number of thiophene rings is 1. The number of nitrogens with zero attached hydrogens (tertiary/aromatic N) is 1. The van der Waals surface area contributed by atoms with E-state index in [4.69, 9.17) is 10.7 Å². The van der Waals surface area contributed by atoms with Crippen molar-refractivity contribution in [1.82, 2.24) is 10.3 Å². The Hall–Kier alpha value is -3.96. The minimum atomic E-state index is -0.187. The van der Waals surface area contributed by atoms with Crippen molar-refractivity contribution < 1.29 is 4.79 Å². The highest BCUT2D eigenvalue weighted by molar-refractivity contribution is 7.21. The predicted molar refractivity (Wildman–Crippen MR) is 142 cm³/mol. The number of anilines is 1. The summed E-state index contributed by atoms with van der Waals surface area (Å²) in [5.74, 6) is -0.187. The Balaban J connectivity index is 1.62. The van der Waals surface area contributed by atoms with Crippen molar-refractivity contribution in [2.45, 2.75) is 19.9 Å². The van der Waals surface area contributed by atoms with Crippen LogP contribution in [-0.2, 0) is 0 Å². The quantitative estimate of drug-likeness (QED) is 0.294. The number of aromatic nitrogens is 1. The van der Waals surface area contributed by atoms with Crippen LogP contribution in [0.5, 0.6) is 0 Å². The standard InChI is InChI=1S/C29H25N3OS/c1-18-13-15-21(16-14-18)23-17-24(22-11-7-4-8-12-22)32-29-25(23)26(30)27(34-29)28(33)31-19(2)20-9-5-3-6-10-20/h3-17,19H,30H2,1-2H3,(H,31,33). The molecule has 0 fully saturated rings. The molecule has 0 bridgehead atoms. The molecule has 0 aliphatic heterocycles. The topological polar surface area (TPSA) is 68.0 Å². The Morgan fingerprint density at radius 3 is 2.24 bits per heavy atom. The van der Waals surface area contributed by atoms with Gasteiger partial charge in [0, 0.05) is 10.9 Å². The maximum atomic E-state index is 13.3. The SMILES string of the molecule is Cc1ccc(-c2cc(-c3ccccc3)nc3sc(C(=O)NC(C)c4ccccc4)c(N)c23)cc1. The van der Waals surface area contributed by atoms with Crippen molar-refractivity contribution in [3.05, 3.63) is 107 Å². The van der Waals surface area contributed by atoms with Crippen molar-refractivity contribution in [3.8, 4) is 22.4 Å². The van der Waals surface area contributed by atoms with Gasteiger partial charge in [-0.3, -0.25) is 4.79 Å². The van der Waals surface area contributed by atoms with Gasteiger partial charge in [0.25, 0.3) is 5.91 Å². The molecule has 5 rings (SSSR count). The highest BCUT2D eigenvalue weighted by atomic mass is 32.1. The van der Waals surface area contributed by atoms with Crippen LogP contribution < -0.4 is 11.1 Å². The summed E-state index contributed by atoms with van der Waals surface area (Å²) in [6.07, 6.45) is 0. The second kappa shape index (κ2) is 9.12. The number of carbonyl (C=O) groups is 1. The second-order valence-electron chi connectivity index (χ2n) is 8.42. The van der Waals surface area contributed by atoms with E-state index in [2.05, 4.69) is 42.6 Å². The van der Waals surface area contributed by atoms with E-state index in [1.165, 1.54) is 16.9 Å². The number of nitrogen functional groups attached to an aromatic ring is 1. The molecule has 0 radical (unpaired) electrons. The molecule has 3 N–H and O–H groups in total. The lowest BCUT2D eigenvalue weighted by Gasteiger charge is -2.14. The van der Waals surface area contributed by atoms with Crippen LogP contribution in [0.3, 0.4) is 0 Å². The monoisotopic (exact) mass is 463 g/mol. The summed E-state index contributed by atoms with van der Waals surface area (Å²) in [4.78, 5) is 19.4. The van der Waals surface area contributed by atoms with Crippen LogP contribution in [0.1, 0.15) is 33.8 Å². The maximum Gasteiger partial charge on any atom is 0.264 e. The van der Waals surface area contributed by atoms with Crippen molar-refractivity contribution in [2.75, 3.05) is 5.73 Å². The predicted octanol–water partition coefficient (Wildman–Crippen LogP) is 7.01. The van der Waals surface area contributed by atoms with Gasteiger partial charge in [0.15, 0.2) is 0 Å². The van der Waals surface area contributed by atoms with Crippen LogP contribution in [0.25, 0.3) is 32.6 Å². The molecular formula is C29H25N3OS. The lowest BCUT2D eigenvalue weighted by atomic mass is 9.98. The van der Waals surface area contributed by atoms with E-state index in [1.807, 2.05) is 67.6 Å². The average Bonchev–Trinajstić information content (AvgIpc) is 3.21. The molecule has 1 atom stereocenters. The molecule has 3 aromatic carbocycles. The van der Waals surface area contributed by atoms with Gasteiger partial charge in [0.05, 0.1) is 17.4 Å². The molecular weight excluding hydrogens is 438 g/mol. The Morgan fingerprint density at radius 1 is 0.912 bits per heavy atom. The van der Waals surface area contributed by atoms with Crippen LogP contribution in [0.2, 0.25) is 0 Å². The second-order valence-corrected chi connectivity index (χ2v) is 9.42. The highest BCUT2D eigenvalue weighted by Crippen LogP contribution is 2.41. The van der Waals surface area contributed by atoms with Gasteiger partial charge in [-0.05, 0) is 36.6 Å². The molecule has 1 unspecified atom stereocenters. The summed E-state index contributed by atoms with van der Waals surface area (Å²) in [5, 5.41) is 3.92. The fourth-order valence-corrected chi connectivity index (χ4v) is 5.12. The van der Waals surface area contributed by atoms with Gasteiger partial charge in [-0.2, -0.15) is 0 Å². The van der Waals surface area contributed by atoms with Crippen LogP contribution in [0, 0.1) is 6.92 Å². The number of hydrogen-bond donors (Lipinski definition) is 2. The van der Waals surface area contributed by atoms with Crippen molar-refractivity contribution in [2.24, 2.45) is 0 Å². The van der Waals surface area contributed by atoms with Crippen molar-refractivity contribution >= 4 is 33.1 Å². The smallest absolute Gasteiger partial charge is 0.264 e. The zero-order valence-electron chi connectivity index (χ0n) is 19.1. The average molecular weight is 464 g/mol. The fourth-order valence-electron chi connectivity index (χ4n) is 4.09. The van der Waals surface area contributed by atoms with Crippen LogP contribution in [0.15, 0.2) is 91.0 Å². The van der Waals surface area contributed by atoms with Gasteiger partial charge < -0.3 is 11.1 Å². The molecule has 0 spiro atoms. The summed E-state index contributed by atoms with van der Waals surface area (Å²) in [7, 11) is 0. The normalized spacial score (nSPS) is 11.9. The lowest BCUT2D eigenvalue weighted by molar-refractivity contribution is 0.0945. The van der Waals surface area contributed by atoms with Crippen LogP contribution in [-0.4, -0.2) is 10.9 Å². The Kier molecular flexibility index (Phi) is 5.86. The summed E-state index contributed by atoms with van der Waals surface area (Å²) >= 11 is 1.34. The van der Waals surface area contributed by atoms with Gasteiger partial charge in [-0.25, -0.2) is 4.98 Å². The lowest BCUT2D eigenvalue weighted by Crippen LogP contribution is -2.26. The summed E-state index contributed by atoms with van der Waals surface area (Å²) in [6.45, 7) is 4.04. The number of fused-ring (bicyclic) bond motifs is 1. The minimum absolute atomic E-state index is 0.136. The van der Waals surface area contributed by atoms with Crippen LogP contribution >= 0.6 is 11.3 Å². The third-order valence-corrected chi connectivity index (χ3v) is 7.08. The third kappa shape index (κ3) is 4.18. The molecule has 0 aliphatic rings. The first-order chi connectivity index (χ1) is 16.5. The first-order valence-corrected chi connectivity index (χ1v) is 12.0. The van der Waals surface area contributed by atoms with E-state index in [1.54, 1.807) is 0 Å². The fraction of sp³-hybridized carbons (Fsp3) is 0.103. The van der Waals surface area contributed by atoms with Gasteiger partial charge in [0.2, 0.25) is 0 Å². The molecule has 34 heavy (non-hydrogen) atoms. The summed E-state index contributed by atoms with van der Waals surface area (Å²) in [6, 6.07) is 30.3. The minimum Gasteiger partial charge on any atom is -0.397 e. The number of rotatable bonds is 5. The molecule has 168 valence electrons. The molecule has 2 heterocycles. The van der Waals surface area contributed by atoms with E-state index < -0.39 is 0 Å². The molecule has 5 aromatic rings. The zero-order chi connectivity index (χ0) is 23.7. The van der Waals surface area contributed by atoms with E-state index >= 15 is 0 Å². The summed E-state index contributed by atoms with van der Waals surface area (Å²) in [5.41, 5.74) is 13.2. The Bertz CT molecular complexity index is 1460. The molecule has 5 heteroatoms. The Morgan fingerprint density at radius 2 is 1.56 bits per heavy atom. The van der Waals surface area contributed by atoms with Crippen molar-refractivity contribution in [1.29, 1.82) is 0 Å². The molecule has 0 aliphatic carbocycles. The van der Waals surface area contributed by atoms with Gasteiger partial charge >= 0.3 is 0 Å². The van der Waals surface area contributed by atoms with Gasteiger partial charge in [-0.1, -0.05) is 90.5 Å². The van der Waals surface area contributed by atoms with E-state index in [-0.39, 0.29) is 11.9 Å². The number of pyridine rings is 1. The molecule has 0 saturated heterocycles. The number of benzene rings is 3. The van der Waals surface area contributed by atoms with E-state index in [0.29, 0.717) is 10.6 Å². The molecule has 2 aromatic heterocycles. The van der Waals surface area contributed by atoms with Crippen LogP contribution in [0.4, 0.5) is 5.69 Å². The number of hydrogen-bond acceptors (Lipinski definition) is 4. The molecule has 0 saturated carbocycles. The number of nitrogens with one attached hydrogen (secondary N) is 1. The Labute approximate surface area is 203 Å². The first-order valence-electron chi connectivity index (χ1n) is 11.2. The molecule has 1 amide bonds.